The van der Waals surface area contributed by atoms with E-state index in [0.29, 0.717) is 17.0 Å². The molecule has 2 aromatic carbocycles. The maximum atomic E-state index is 12.1. The molecule has 1 heterocycles. The van der Waals surface area contributed by atoms with Crippen LogP contribution in [0.25, 0.3) is 10.9 Å². The molecule has 0 aliphatic heterocycles. The predicted molar refractivity (Wildman–Crippen MR) is 89.7 cm³/mol. The van der Waals surface area contributed by atoms with Crippen LogP contribution in [-0.2, 0) is 5.75 Å². The van der Waals surface area contributed by atoms with Crippen molar-refractivity contribution in [3.05, 3.63) is 64.2 Å². The smallest absolute Gasteiger partial charge is 0.258 e. The number of aryl methyl sites for hydroxylation is 1. The number of aromatic nitrogens is 2. The molecule has 4 nitrogen and oxygen atoms in total. The lowest BCUT2D eigenvalue weighted by Crippen LogP contribution is -2.11. The molecular formula is C17H16N2O2S. The van der Waals surface area contributed by atoms with E-state index in [1.807, 2.05) is 43.3 Å². The van der Waals surface area contributed by atoms with Gasteiger partial charge in [0.15, 0.2) is 0 Å². The fourth-order valence-corrected chi connectivity index (χ4v) is 3.08. The third-order valence-corrected chi connectivity index (χ3v) is 4.41. The maximum Gasteiger partial charge on any atom is 0.258 e. The molecule has 0 atom stereocenters. The fourth-order valence-electron chi connectivity index (χ4n) is 2.26. The van der Waals surface area contributed by atoms with Gasteiger partial charge in [-0.2, -0.15) is 0 Å². The van der Waals surface area contributed by atoms with Crippen LogP contribution in [0.5, 0.6) is 5.75 Å². The molecule has 0 aliphatic rings. The molecule has 0 amide bonds. The Morgan fingerprint density at radius 3 is 2.86 bits per heavy atom. The molecule has 0 radical (unpaired) electrons. The maximum absolute atomic E-state index is 12.1. The van der Waals surface area contributed by atoms with Crippen molar-refractivity contribution >= 4 is 22.7 Å². The van der Waals surface area contributed by atoms with Gasteiger partial charge in [-0.25, -0.2) is 4.98 Å². The number of para-hydroxylation sites is 1. The summed E-state index contributed by atoms with van der Waals surface area (Å²) in [5.41, 5.74) is 1.69. The van der Waals surface area contributed by atoms with Crippen LogP contribution in [0.3, 0.4) is 0 Å². The van der Waals surface area contributed by atoms with Gasteiger partial charge in [0, 0.05) is 4.90 Å². The molecule has 0 aliphatic carbocycles. The number of thioether (sulfide) groups is 1. The van der Waals surface area contributed by atoms with Gasteiger partial charge in [-0.15, -0.1) is 11.8 Å². The summed E-state index contributed by atoms with van der Waals surface area (Å²) in [4.78, 5) is 20.7. The monoisotopic (exact) mass is 312 g/mol. The van der Waals surface area contributed by atoms with Crippen molar-refractivity contribution in [2.75, 3.05) is 7.11 Å². The first-order valence-electron chi connectivity index (χ1n) is 6.93. The van der Waals surface area contributed by atoms with Crippen molar-refractivity contribution in [1.82, 2.24) is 9.97 Å². The molecule has 22 heavy (non-hydrogen) atoms. The van der Waals surface area contributed by atoms with E-state index in [1.54, 1.807) is 24.9 Å². The number of aromatic amines is 1. The first kappa shape index (κ1) is 14.7. The molecule has 0 fully saturated rings. The van der Waals surface area contributed by atoms with Crippen molar-refractivity contribution < 1.29 is 4.74 Å². The first-order chi connectivity index (χ1) is 10.7. The number of hydrogen-bond donors (Lipinski definition) is 1. The number of ether oxygens (including phenoxy) is 1. The number of methoxy groups -OCH3 is 1. The van der Waals surface area contributed by atoms with Gasteiger partial charge in [-0.05, 0) is 36.8 Å². The van der Waals surface area contributed by atoms with Crippen LogP contribution >= 0.6 is 11.8 Å². The highest BCUT2D eigenvalue weighted by Gasteiger charge is 2.06. The van der Waals surface area contributed by atoms with E-state index >= 15 is 0 Å². The third-order valence-electron chi connectivity index (χ3n) is 3.40. The predicted octanol–water partition coefficient (Wildman–Crippen LogP) is 3.53. The van der Waals surface area contributed by atoms with E-state index < -0.39 is 0 Å². The highest BCUT2D eigenvalue weighted by atomic mass is 32.2. The van der Waals surface area contributed by atoms with Crippen LogP contribution in [0.4, 0.5) is 0 Å². The highest BCUT2D eigenvalue weighted by Crippen LogP contribution is 2.25. The molecule has 0 saturated heterocycles. The van der Waals surface area contributed by atoms with Crippen molar-refractivity contribution in [3.63, 3.8) is 0 Å². The SMILES string of the molecule is COc1cccc(SCc2nc3c(C)cccc3c(=O)[nH]2)c1. The molecule has 112 valence electrons. The van der Waals surface area contributed by atoms with Crippen LogP contribution in [0.2, 0.25) is 0 Å². The van der Waals surface area contributed by atoms with Crippen LogP contribution in [0.15, 0.2) is 52.2 Å². The standard InChI is InChI=1S/C17H16N2O2S/c1-11-5-3-8-14-16(11)18-15(19-17(14)20)10-22-13-7-4-6-12(9-13)21-2/h3-9H,10H2,1-2H3,(H,18,19,20). The van der Waals surface area contributed by atoms with Gasteiger partial charge in [0.05, 0.1) is 23.8 Å². The zero-order valence-corrected chi connectivity index (χ0v) is 13.2. The number of hydrogen-bond acceptors (Lipinski definition) is 4. The first-order valence-corrected chi connectivity index (χ1v) is 7.91. The minimum atomic E-state index is -0.0880. The Balaban J connectivity index is 1.88. The van der Waals surface area contributed by atoms with E-state index in [2.05, 4.69) is 9.97 Å². The van der Waals surface area contributed by atoms with Gasteiger partial charge in [0.2, 0.25) is 0 Å². The summed E-state index contributed by atoms with van der Waals surface area (Å²) in [7, 11) is 1.65. The third kappa shape index (κ3) is 2.99. The Bertz CT molecular complexity index is 874. The largest absolute Gasteiger partial charge is 0.497 e. The fraction of sp³-hybridized carbons (Fsp3) is 0.176. The minimum absolute atomic E-state index is 0.0880. The normalized spacial score (nSPS) is 10.8. The van der Waals surface area contributed by atoms with E-state index in [4.69, 9.17) is 4.74 Å². The molecule has 1 aromatic heterocycles. The molecular weight excluding hydrogens is 296 g/mol. The number of nitrogens with one attached hydrogen (secondary N) is 1. The summed E-state index contributed by atoms with van der Waals surface area (Å²) in [5.74, 6) is 2.10. The van der Waals surface area contributed by atoms with Crippen molar-refractivity contribution in [2.24, 2.45) is 0 Å². The molecule has 3 rings (SSSR count). The van der Waals surface area contributed by atoms with Gasteiger partial charge in [-0.3, -0.25) is 4.79 Å². The van der Waals surface area contributed by atoms with E-state index in [1.165, 1.54) is 0 Å². The summed E-state index contributed by atoms with van der Waals surface area (Å²) in [6.07, 6.45) is 0. The number of H-pyrrole nitrogens is 1. The average Bonchev–Trinajstić information content (AvgIpc) is 2.54. The summed E-state index contributed by atoms with van der Waals surface area (Å²) in [6, 6.07) is 13.5. The summed E-state index contributed by atoms with van der Waals surface area (Å²) >= 11 is 1.61. The number of nitrogens with zero attached hydrogens (tertiary/aromatic N) is 1. The molecule has 0 unspecified atom stereocenters. The quantitative estimate of drug-likeness (QED) is 0.749. The van der Waals surface area contributed by atoms with Crippen LogP contribution < -0.4 is 10.3 Å². The van der Waals surface area contributed by atoms with Gasteiger partial charge in [0.1, 0.15) is 11.6 Å². The number of benzene rings is 2. The average molecular weight is 312 g/mol. The van der Waals surface area contributed by atoms with E-state index in [0.717, 1.165) is 21.7 Å². The second-order valence-corrected chi connectivity index (χ2v) is 6.00. The minimum Gasteiger partial charge on any atom is -0.497 e. The van der Waals surface area contributed by atoms with Gasteiger partial charge in [-0.1, -0.05) is 18.2 Å². The summed E-state index contributed by atoms with van der Waals surface area (Å²) in [6.45, 7) is 1.97. The van der Waals surface area contributed by atoms with Gasteiger partial charge in [0.25, 0.3) is 5.56 Å². The Kier molecular flexibility index (Phi) is 4.15. The topological polar surface area (TPSA) is 55.0 Å². The second-order valence-electron chi connectivity index (χ2n) is 4.95. The lowest BCUT2D eigenvalue weighted by Gasteiger charge is -2.06. The van der Waals surface area contributed by atoms with Crippen molar-refractivity contribution in [2.45, 2.75) is 17.6 Å². The molecule has 0 spiro atoms. The van der Waals surface area contributed by atoms with Crippen molar-refractivity contribution in [1.29, 1.82) is 0 Å². The van der Waals surface area contributed by atoms with Crippen LogP contribution in [0.1, 0.15) is 11.4 Å². The van der Waals surface area contributed by atoms with E-state index in [-0.39, 0.29) is 5.56 Å². The molecule has 0 saturated carbocycles. The molecule has 0 bridgehead atoms. The Hall–Kier alpha value is -2.27. The Labute approximate surface area is 132 Å². The van der Waals surface area contributed by atoms with Crippen LogP contribution in [0, 0.1) is 6.92 Å². The van der Waals surface area contributed by atoms with E-state index in [9.17, 15) is 4.79 Å². The number of rotatable bonds is 4. The molecule has 1 N–H and O–H groups in total. The summed E-state index contributed by atoms with van der Waals surface area (Å²) in [5, 5.41) is 0.634. The molecule has 3 aromatic rings. The molecule has 5 heteroatoms. The zero-order valence-electron chi connectivity index (χ0n) is 12.4. The lowest BCUT2D eigenvalue weighted by atomic mass is 10.1. The Morgan fingerprint density at radius 1 is 1.23 bits per heavy atom. The van der Waals surface area contributed by atoms with Crippen LogP contribution in [-0.4, -0.2) is 17.1 Å². The van der Waals surface area contributed by atoms with Crippen molar-refractivity contribution in [3.8, 4) is 5.75 Å². The van der Waals surface area contributed by atoms with Gasteiger partial charge < -0.3 is 9.72 Å². The number of fused-ring (bicyclic) bond motifs is 1. The van der Waals surface area contributed by atoms with Gasteiger partial charge >= 0.3 is 0 Å². The highest BCUT2D eigenvalue weighted by molar-refractivity contribution is 7.98. The second kappa shape index (κ2) is 6.23. The summed E-state index contributed by atoms with van der Waals surface area (Å²) < 4.78 is 5.21. The lowest BCUT2D eigenvalue weighted by molar-refractivity contribution is 0.413. The zero-order chi connectivity index (χ0) is 15.5. The Morgan fingerprint density at radius 2 is 2.05 bits per heavy atom.